The Hall–Kier alpha value is -2.85. The second-order valence-corrected chi connectivity index (χ2v) is 12.4. The Labute approximate surface area is 244 Å². The lowest BCUT2D eigenvalue weighted by molar-refractivity contribution is -0.166. The fourth-order valence-electron chi connectivity index (χ4n) is 4.57. The largest absolute Gasteiger partial charge is 0.464 e. The molecule has 0 spiro atoms. The third-order valence-electron chi connectivity index (χ3n) is 6.17. The number of fused-ring (bicyclic) bond motifs is 2. The number of nitrogens with zero attached hydrogens (tertiary/aromatic N) is 4. The number of aryl methyl sites for hydroxylation is 2. The molecule has 0 bridgehead atoms. The summed E-state index contributed by atoms with van der Waals surface area (Å²) in [6.45, 7) is 9.81. The predicted molar refractivity (Wildman–Crippen MR) is 160 cm³/mol. The Morgan fingerprint density at radius 1 is 1.15 bits per heavy atom. The van der Waals surface area contributed by atoms with Crippen molar-refractivity contribution in [1.29, 1.82) is 0 Å². The highest BCUT2D eigenvalue weighted by molar-refractivity contribution is 9.10. The van der Waals surface area contributed by atoms with E-state index in [1.165, 1.54) is 11.3 Å². The summed E-state index contributed by atoms with van der Waals surface area (Å²) < 4.78 is 15.2. The van der Waals surface area contributed by atoms with Crippen molar-refractivity contribution in [3.05, 3.63) is 63.2 Å². The maximum absolute atomic E-state index is 13.3. The molecule has 5 aromatic rings. The summed E-state index contributed by atoms with van der Waals surface area (Å²) in [7, 11) is 1.88. The number of benzene rings is 2. The van der Waals surface area contributed by atoms with Crippen LogP contribution >= 0.6 is 38.9 Å². The summed E-state index contributed by atoms with van der Waals surface area (Å²) in [5.74, 6) is -0.427. The molecule has 5 rings (SSSR count). The highest BCUT2D eigenvalue weighted by Crippen LogP contribution is 2.44. The number of carbonyl (C=O) groups excluding carboxylic acids is 1. The van der Waals surface area contributed by atoms with Crippen molar-refractivity contribution in [3.8, 4) is 21.8 Å². The minimum Gasteiger partial charge on any atom is -0.464 e. The van der Waals surface area contributed by atoms with Gasteiger partial charge < -0.3 is 9.47 Å². The first-order valence-electron chi connectivity index (χ1n) is 12.5. The Morgan fingerprint density at radius 2 is 1.87 bits per heavy atom. The van der Waals surface area contributed by atoms with Gasteiger partial charge in [0.25, 0.3) is 0 Å². The van der Waals surface area contributed by atoms with Crippen LogP contribution in [0.25, 0.3) is 43.1 Å². The molecule has 0 amide bonds. The van der Waals surface area contributed by atoms with Crippen molar-refractivity contribution in [2.45, 2.75) is 46.3 Å². The Morgan fingerprint density at radius 3 is 2.54 bits per heavy atom. The molecular formula is C29H28BrClN4O3S. The number of esters is 1. The van der Waals surface area contributed by atoms with Gasteiger partial charge in [0.05, 0.1) is 33.6 Å². The van der Waals surface area contributed by atoms with Gasteiger partial charge in [-0.3, -0.25) is 4.68 Å². The average molecular weight is 628 g/mol. The number of rotatable bonds is 6. The lowest BCUT2D eigenvalue weighted by Crippen LogP contribution is -2.29. The monoisotopic (exact) mass is 626 g/mol. The minimum absolute atomic E-state index is 0.253. The molecule has 0 radical (unpaired) electrons. The van der Waals surface area contributed by atoms with Gasteiger partial charge in [0.2, 0.25) is 0 Å². The maximum atomic E-state index is 13.3. The molecule has 0 saturated carbocycles. The molecule has 202 valence electrons. The van der Waals surface area contributed by atoms with E-state index in [-0.39, 0.29) is 6.61 Å². The smallest absolute Gasteiger partial charge is 0.339 e. The molecule has 0 aliphatic rings. The molecular weight excluding hydrogens is 600 g/mol. The summed E-state index contributed by atoms with van der Waals surface area (Å²) in [5, 5.41) is 5.81. The number of aromatic nitrogens is 4. The van der Waals surface area contributed by atoms with Crippen LogP contribution in [-0.4, -0.2) is 37.9 Å². The fraction of sp³-hybridized carbons (Fsp3) is 0.310. The van der Waals surface area contributed by atoms with Crippen molar-refractivity contribution >= 4 is 66.1 Å². The van der Waals surface area contributed by atoms with Gasteiger partial charge in [-0.05, 0) is 92.0 Å². The zero-order valence-corrected chi connectivity index (χ0v) is 25.7. The van der Waals surface area contributed by atoms with Crippen LogP contribution < -0.4 is 0 Å². The zero-order chi connectivity index (χ0) is 28.1. The number of pyridine rings is 1. The van der Waals surface area contributed by atoms with Gasteiger partial charge in [0, 0.05) is 23.2 Å². The van der Waals surface area contributed by atoms with Gasteiger partial charge in [-0.25, -0.2) is 14.8 Å². The molecule has 7 nitrogen and oxygen atoms in total. The Balaban J connectivity index is 1.78. The summed E-state index contributed by atoms with van der Waals surface area (Å²) >= 11 is 11.3. The first-order valence-corrected chi connectivity index (χ1v) is 14.5. The quantitative estimate of drug-likeness (QED) is 0.177. The minimum atomic E-state index is -0.925. The molecule has 0 saturated heterocycles. The van der Waals surface area contributed by atoms with E-state index in [1.807, 2.05) is 77.2 Å². The number of carbonyl (C=O) groups is 1. The lowest BCUT2D eigenvalue weighted by atomic mass is 9.91. The Kier molecular flexibility index (Phi) is 7.54. The van der Waals surface area contributed by atoms with Crippen LogP contribution in [0.1, 0.15) is 44.9 Å². The van der Waals surface area contributed by atoms with Gasteiger partial charge in [0.15, 0.2) is 10.7 Å². The molecule has 1 atom stereocenters. The molecule has 0 unspecified atom stereocenters. The van der Waals surface area contributed by atoms with Gasteiger partial charge in [-0.15, -0.1) is 11.3 Å². The molecule has 3 aromatic heterocycles. The topological polar surface area (TPSA) is 79.1 Å². The summed E-state index contributed by atoms with van der Waals surface area (Å²) in [4.78, 5) is 23.2. The van der Waals surface area contributed by atoms with Crippen LogP contribution in [-0.2, 0) is 21.3 Å². The van der Waals surface area contributed by atoms with Crippen LogP contribution in [0.4, 0.5) is 0 Å². The van der Waals surface area contributed by atoms with Crippen LogP contribution in [0, 0.1) is 6.92 Å². The summed E-state index contributed by atoms with van der Waals surface area (Å²) in [6, 6.07) is 13.5. The molecule has 10 heteroatoms. The van der Waals surface area contributed by atoms with E-state index < -0.39 is 17.7 Å². The predicted octanol–water partition coefficient (Wildman–Crippen LogP) is 8.06. The van der Waals surface area contributed by atoms with E-state index in [1.54, 1.807) is 11.6 Å². The van der Waals surface area contributed by atoms with Crippen LogP contribution in [0.2, 0.25) is 5.02 Å². The molecule has 0 aliphatic heterocycles. The van der Waals surface area contributed by atoms with Gasteiger partial charge >= 0.3 is 5.97 Å². The van der Waals surface area contributed by atoms with Crippen molar-refractivity contribution in [2.24, 2.45) is 7.05 Å². The molecule has 0 N–H and O–H groups in total. The maximum Gasteiger partial charge on any atom is 0.339 e. The SMILES string of the molecule is CCOC(=O)[C@@H](OC(C)(C)C)c1c(C)cc2nc(-c3ccc4c(n3)c(Br)nn4C)sc2c1-c1ccc(Cl)cc1. The standard InChI is InChI=1S/C29H28BrClN4O3S/c1-7-37-28(36)24(38-29(3,4)5)21-15(2)14-19-25(22(21)16-8-10-17(31)11-9-16)39-27(33-19)18-12-13-20-23(32-18)26(30)34-35(20)6/h8-14,24H,7H2,1-6H3/t24-/m0/s1. The van der Waals surface area contributed by atoms with Gasteiger partial charge in [-0.2, -0.15) is 5.10 Å². The van der Waals surface area contributed by atoms with Crippen molar-refractivity contribution in [3.63, 3.8) is 0 Å². The molecule has 39 heavy (non-hydrogen) atoms. The summed E-state index contributed by atoms with van der Waals surface area (Å²) in [6.07, 6.45) is -0.925. The van der Waals surface area contributed by atoms with Crippen LogP contribution in [0.3, 0.4) is 0 Å². The fourth-order valence-corrected chi connectivity index (χ4v) is 6.33. The number of hydrogen-bond donors (Lipinski definition) is 0. The van der Waals surface area contributed by atoms with E-state index in [0.717, 1.165) is 54.2 Å². The number of halogens is 2. The van der Waals surface area contributed by atoms with E-state index in [4.69, 9.17) is 31.0 Å². The molecule has 2 aromatic carbocycles. The Bertz CT molecular complexity index is 1710. The first kappa shape index (κ1) is 27.7. The normalized spacial score (nSPS) is 12.8. The molecule has 0 aliphatic carbocycles. The van der Waals surface area contributed by atoms with Gasteiger partial charge in [-0.1, -0.05) is 23.7 Å². The highest BCUT2D eigenvalue weighted by atomic mass is 79.9. The van der Waals surface area contributed by atoms with Crippen LogP contribution in [0.15, 0.2) is 47.1 Å². The van der Waals surface area contributed by atoms with Crippen molar-refractivity contribution in [2.75, 3.05) is 6.61 Å². The van der Waals surface area contributed by atoms with Gasteiger partial charge in [0.1, 0.15) is 10.5 Å². The van der Waals surface area contributed by atoms with Crippen molar-refractivity contribution < 1.29 is 14.3 Å². The number of hydrogen-bond acceptors (Lipinski definition) is 7. The third-order valence-corrected chi connectivity index (χ3v) is 8.07. The zero-order valence-electron chi connectivity index (χ0n) is 22.5. The molecule has 0 fully saturated rings. The first-order chi connectivity index (χ1) is 18.5. The second-order valence-electron chi connectivity index (χ2n) is 10.2. The van der Waals surface area contributed by atoms with E-state index in [9.17, 15) is 4.79 Å². The highest BCUT2D eigenvalue weighted by Gasteiger charge is 2.33. The second kappa shape index (κ2) is 10.6. The van der Waals surface area contributed by atoms with E-state index >= 15 is 0 Å². The number of ether oxygens (including phenoxy) is 2. The molecule has 3 heterocycles. The number of thiazole rings is 1. The van der Waals surface area contributed by atoms with E-state index in [0.29, 0.717) is 9.63 Å². The average Bonchev–Trinajstić information content (AvgIpc) is 3.42. The lowest BCUT2D eigenvalue weighted by Gasteiger charge is -2.29. The van der Waals surface area contributed by atoms with E-state index in [2.05, 4.69) is 21.0 Å². The van der Waals surface area contributed by atoms with Crippen molar-refractivity contribution in [1.82, 2.24) is 19.7 Å². The summed E-state index contributed by atoms with van der Waals surface area (Å²) in [5.41, 5.74) is 6.06. The third kappa shape index (κ3) is 5.45. The van der Waals surface area contributed by atoms with Crippen LogP contribution in [0.5, 0.6) is 0 Å².